The molecule has 1 aromatic rings. The molecule has 1 aromatic heterocycles. The summed E-state index contributed by atoms with van der Waals surface area (Å²) in [5, 5.41) is 0. The van der Waals surface area contributed by atoms with Gasteiger partial charge < -0.3 is 14.4 Å². The lowest BCUT2D eigenvalue weighted by atomic mass is 9.98. The van der Waals surface area contributed by atoms with Gasteiger partial charge in [-0.3, -0.25) is 0 Å². The molecule has 116 valence electrons. The van der Waals surface area contributed by atoms with E-state index < -0.39 is 0 Å². The van der Waals surface area contributed by atoms with E-state index in [4.69, 9.17) is 9.47 Å². The number of likely N-dealkylation sites (tertiary alicyclic amines) is 1. The monoisotopic (exact) mass is 355 g/mol. The lowest BCUT2D eigenvalue weighted by molar-refractivity contribution is 0.0488. The van der Waals surface area contributed by atoms with E-state index in [1.54, 1.807) is 12.4 Å². The van der Waals surface area contributed by atoms with Crippen LogP contribution in [0.5, 0.6) is 6.01 Å². The zero-order valence-corrected chi connectivity index (χ0v) is 13.8. The van der Waals surface area contributed by atoms with Gasteiger partial charge in [0.25, 0.3) is 0 Å². The van der Waals surface area contributed by atoms with Gasteiger partial charge in [-0.25, -0.2) is 9.97 Å². The molecule has 2 aliphatic rings. The Kier molecular flexibility index (Phi) is 5.43. The maximum atomic E-state index is 5.73. The quantitative estimate of drug-likeness (QED) is 0.811. The van der Waals surface area contributed by atoms with Crippen LogP contribution in [-0.2, 0) is 4.74 Å². The summed E-state index contributed by atoms with van der Waals surface area (Å²) < 4.78 is 12.3. The van der Waals surface area contributed by atoms with Gasteiger partial charge in [0.05, 0.1) is 17.2 Å². The van der Waals surface area contributed by atoms with Crippen molar-refractivity contribution in [1.82, 2.24) is 14.9 Å². The summed E-state index contributed by atoms with van der Waals surface area (Å²) in [5.41, 5.74) is 0. The lowest BCUT2D eigenvalue weighted by Crippen LogP contribution is -2.41. The van der Waals surface area contributed by atoms with Crippen LogP contribution >= 0.6 is 15.9 Å². The molecule has 2 atom stereocenters. The molecular formula is C15H22BrN3O2. The van der Waals surface area contributed by atoms with Gasteiger partial charge in [0, 0.05) is 38.0 Å². The van der Waals surface area contributed by atoms with Crippen molar-refractivity contribution in [2.75, 3.05) is 32.8 Å². The lowest BCUT2D eigenvalue weighted by Gasteiger charge is -2.33. The molecule has 0 N–H and O–H groups in total. The van der Waals surface area contributed by atoms with Crippen LogP contribution in [0.3, 0.4) is 0 Å². The fourth-order valence-corrected chi connectivity index (χ4v) is 3.30. The third-order valence-corrected chi connectivity index (χ3v) is 4.54. The smallest absolute Gasteiger partial charge is 0.316 e. The first-order valence-electron chi connectivity index (χ1n) is 7.74. The molecule has 0 amide bonds. The molecular weight excluding hydrogens is 334 g/mol. The van der Waals surface area contributed by atoms with Crippen LogP contribution in [0.2, 0.25) is 0 Å². The number of rotatable bonds is 5. The summed E-state index contributed by atoms with van der Waals surface area (Å²) in [6, 6.07) is 0.467. The highest BCUT2D eigenvalue weighted by Crippen LogP contribution is 2.20. The predicted molar refractivity (Wildman–Crippen MR) is 83.4 cm³/mol. The number of piperidine rings is 1. The van der Waals surface area contributed by atoms with Crippen molar-refractivity contribution in [3.63, 3.8) is 0 Å². The Labute approximate surface area is 134 Å². The molecule has 0 aliphatic carbocycles. The van der Waals surface area contributed by atoms with Crippen molar-refractivity contribution < 1.29 is 9.47 Å². The number of aromatic nitrogens is 2. The summed E-state index contributed by atoms with van der Waals surface area (Å²) in [4.78, 5) is 10.8. The average Bonchev–Trinajstić information content (AvgIpc) is 3.00. The normalized spacial score (nSPS) is 26.9. The molecule has 2 fully saturated rings. The van der Waals surface area contributed by atoms with Crippen molar-refractivity contribution in [3.8, 4) is 6.01 Å². The maximum Gasteiger partial charge on any atom is 0.316 e. The van der Waals surface area contributed by atoms with E-state index in [1.165, 1.54) is 32.2 Å². The van der Waals surface area contributed by atoms with Crippen LogP contribution in [0.15, 0.2) is 16.9 Å². The second kappa shape index (κ2) is 7.51. The first-order valence-corrected chi connectivity index (χ1v) is 8.53. The fraction of sp³-hybridized carbons (Fsp3) is 0.733. The summed E-state index contributed by atoms with van der Waals surface area (Å²) in [5.74, 6) is 0.562. The van der Waals surface area contributed by atoms with Crippen LogP contribution < -0.4 is 4.74 Å². The molecule has 0 saturated carbocycles. The van der Waals surface area contributed by atoms with Gasteiger partial charge in [0.1, 0.15) is 0 Å². The van der Waals surface area contributed by atoms with E-state index >= 15 is 0 Å². The van der Waals surface area contributed by atoms with Crippen molar-refractivity contribution in [2.45, 2.75) is 31.8 Å². The summed E-state index contributed by atoms with van der Waals surface area (Å²) >= 11 is 3.32. The molecule has 0 spiro atoms. The van der Waals surface area contributed by atoms with E-state index in [0.29, 0.717) is 24.6 Å². The highest BCUT2D eigenvalue weighted by molar-refractivity contribution is 9.10. The Morgan fingerprint density at radius 2 is 2.14 bits per heavy atom. The van der Waals surface area contributed by atoms with Gasteiger partial charge in [-0.05, 0) is 48.2 Å². The van der Waals surface area contributed by atoms with Crippen LogP contribution in [0.25, 0.3) is 0 Å². The zero-order chi connectivity index (χ0) is 14.5. The Balaban J connectivity index is 1.43. The SMILES string of the molecule is Brc1cnc(OCC2CCCN(CC3CCCO3)C2)nc1. The Bertz CT molecular complexity index is 437. The predicted octanol–water partition coefficient (Wildman–Crippen LogP) is 2.51. The van der Waals surface area contributed by atoms with E-state index in [2.05, 4.69) is 30.8 Å². The summed E-state index contributed by atoms with van der Waals surface area (Å²) in [7, 11) is 0. The van der Waals surface area contributed by atoms with Gasteiger partial charge in [-0.1, -0.05) is 0 Å². The van der Waals surface area contributed by atoms with Crippen molar-refractivity contribution in [1.29, 1.82) is 0 Å². The van der Waals surface area contributed by atoms with E-state index in [9.17, 15) is 0 Å². The van der Waals surface area contributed by atoms with Gasteiger partial charge in [0.15, 0.2) is 0 Å². The molecule has 0 aromatic carbocycles. The maximum absolute atomic E-state index is 5.73. The first-order chi connectivity index (χ1) is 10.3. The molecule has 3 rings (SSSR count). The molecule has 0 radical (unpaired) electrons. The molecule has 2 aliphatic heterocycles. The Morgan fingerprint density at radius 1 is 1.29 bits per heavy atom. The minimum absolute atomic E-state index is 0.444. The van der Waals surface area contributed by atoms with Crippen molar-refractivity contribution in [2.24, 2.45) is 5.92 Å². The highest BCUT2D eigenvalue weighted by Gasteiger charge is 2.25. The zero-order valence-electron chi connectivity index (χ0n) is 12.2. The molecule has 2 unspecified atom stereocenters. The number of nitrogens with zero attached hydrogens (tertiary/aromatic N) is 3. The van der Waals surface area contributed by atoms with Gasteiger partial charge in [-0.2, -0.15) is 0 Å². The summed E-state index contributed by atoms with van der Waals surface area (Å²) in [6.45, 7) is 4.99. The topological polar surface area (TPSA) is 47.5 Å². The molecule has 3 heterocycles. The molecule has 0 bridgehead atoms. The second-order valence-corrected chi connectivity index (χ2v) is 6.81. The number of hydrogen-bond acceptors (Lipinski definition) is 5. The number of hydrogen-bond donors (Lipinski definition) is 0. The van der Waals surface area contributed by atoms with Crippen LogP contribution in [0.1, 0.15) is 25.7 Å². The van der Waals surface area contributed by atoms with E-state index in [1.807, 2.05) is 0 Å². The number of halogens is 1. The number of ether oxygens (including phenoxy) is 2. The largest absolute Gasteiger partial charge is 0.463 e. The Morgan fingerprint density at radius 3 is 2.90 bits per heavy atom. The van der Waals surface area contributed by atoms with Crippen LogP contribution in [-0.4, -0.2) is 53.8 Å². The van der Waals surface area contributed by atoms with Crippen LogP contribution in [0, 0.1) is 5.92 Å². The van der Waals surface area contributed by atoms with Crippen LogP contribution in [0.4, 0.5) is 0 Å². The van der Waals surface area contributed by atoms with Gasteiger partial charge >= 0.3 is 6.01 Å². The second-order valence-electron chi connectivity index (χ2n) is 5.90. The van der Waals surface area contributed by atoms with E-state index in [0.717, 1.165) is 24.2 Å². The third kappa shape index (κ3) is 4.63. The van der Waals surface area contributed by atoms with E-state index in [-0.39, 0.29) is 0 Å². The Hall–Kier alpha value is -0.720. The average molecular weight is 356 g/mol. The molecule has 21 heavy (non-hydrogen) atoms. The minimum atomic E-state index is 0.444. The molecule has 2 saturated heterocycles. The first kappa shape index (κ1) is 15.2. The molecule has 5 nitrogen and oxygen atoms in total. The van der Waals surface area contributed by atoms with Crippen molar-refractivity contribution in [3.05, 3.63) is 16.9 Å². The highest BCUT2D eigenvalue weighted by atomic mass is 79.9. The third-order valence-electron chi connectivity index (χ3n) is 4.13. The standard InChI is InChI=1S/C15H22BrN3O2/c16-13-7-17-15(18-8-13)21-11-12-3-1-5-19(9-12)10-14-4-2-6-20-14/h7-8,12,14H,1-6,9-11H2. The summed E-state index contributed by atoms with van der Waals surface area (Å²) in [6.07, 6.45) is 8.76. The minimum Gasteiger partial charge on any atom is -0.463 e. The molecule has 6 heteroatoms. The fourth-order valence-electron chi connectivity index (χ4n) is 3.10. The van der Waals surface area contributed by atoms with Crippen molar-refractivity contribution >= 4 is 15.9 Å². The van der Waals surface area contributed by atoms with Gasteiger partial charge in [-0.15, -0.1) is 0 Å². The van der Waals surface area contributed by atoms with Gasteiger partial charge in [0.2, 0.25) is 0 Å².